The molecule has 1 N–H and O–H groups in total. The number of likely N-dealkylation sites (N-methyl/N-ethyl adjacent to an activating group) is 1. The van der Waals surface area contributed by atoms with Crippen LogP contribution in [0.15, 0.2) is 18.2 Å². The molecular weight excluding hydrogens is 387 g/mol. The molecule has 1 spiro atoms. The van der Waals surface area contributed by atoms with Gasteiger partial charge in [-0.2, -0.15) is 0 Å². The maximum absolute atomic E-state index is 6.21. The highest BCUT2D eigenvalue weighted by Crippen LogP contribution is 2.35. The number of hydrogen-bond donors (Lipinski definition) is 1. The van der Waals surface area contributed by atoms with Gasteiger partial charge in [0.1, 0.15) is 0 Å². The third-order valence-corrected chi connectivity index (χ3v) is 5.81. The zero-order valence-corrected chi connectivity index (χ0v) is 18.3. The van der Waals surface area contributed by atoms with E-state index in [1.54, 1.807) is 14.2 Å². The van der Waals surface area contributed by atoms with Gasteiger partial charge >= 0.3 is 0 Å². The van der Waals surface area contributed by atoms with Crippen LogP contribution in [-0.4, -0.2) is 64.1 Å². The molecule has 1 atom stereocenters. The van der Waals surface area contributed by atoms with Crippen molar-refractivity contribution in [2.45, 2.75) is 43.7 Å². The minimum Gasteiger partial charge on any atom is -0.493 e. The van der Waals surface area contributed by atoms with Crippen molar-refractivity contribution in [3.63, 3.8) is 0 Å². The summed E-state index contributed by atoms with van der Waals surface area (Å²) < 4.78 is 16.9. The fourth-order valence-corrected chi connectivity index (χ4v) is 4.13. The second-order valence-electron chi connectivity index (χ2n) is 7.35. The summed E-state index contributed by atoms with van der Waals surface area (Å²) >= 11 is 0. The molecule has 0 amide bonds. The molecule has 2 heterocycles. The van der Waals surface area contributed by atoms with Gasteiger partial charge in [0.25, 0.3) is 0 Å². The molecular formula is C20H34Cl2N2O3. The molecule has 5 nitrogen and oxygen atoms in total. The van der Waals surface area contributed by atoms with E-state index in [1.807, 2.05) is 6.07 Å². The average Bonchev–Trinajstić information content (AvgIpc) is 2.66. The third-order valence-electron chi connectivity index (χ3n) is 5.81. The lowest BCUT2D eigenvalue weighted by atomic mass is 9.82. The van der Waals surface area contributed by atoms with Gasteiger partial charge in [0.05, 0.1) is 19.8 Å². The molecule has 1 aromatic carbocycles. The summed E-state index contributed by atoms with van der Waals surface area (Å²) in [5.74, 6) is 1.60. The van der Waals surface area contributed by atoms with E-state index in [1.165, 1.54) is 5.56 Å². The summed E-state index contributed by atoms with van der Waals surface area (Å²) in [4.78, 5) is 2.52. The van der Waals surface area contributed by atoms with Crippen LogP contribution in [0, 0.1) is 0 Å². The zero-order valence-electron chi connectivity index (χ0n) is 16.7. The van der Waals surface area contributed by atoms with E-state index < -0.39 is 0 Å². The second-order valence-corrected chi connectivity index (χ2v) is 7.35. The molecule has 2 aliphatic heterocycles. The van der Waals surface area contributed by atoms with Crippen LogP contribution in [0.25, 0.3) is 0 Å². The van der Waals surface area contributed by atoms with Crippen molar-refractivity contribution in [1.82, 2.24) is 10.2 Å². The maximum atomic E-state index is 6.21. The number of halogens is 2. The molecule has 7 heteroatoms. The van der Waals surface area contributed by atoms with Gasteiger partial charge in [-0.1, -0.05) is 6.07 Å². The van der Waals surface area contributed by atoms with Crippen molar-refractivity contribution in [1.29, 1.82) is 0 Å². The highest BCUT2D eigenvalue weighted by Gasteiger charge is 2.39. The van der Waals surface area contributed by atoms with Gasteiger partial charge in [-0.3, -0.25) is 0 Å². The number of methoxy groups -OCH3 is 2. The van der Waals surface area contributed by atoms with E-state index >= 15 is 0 Å². The van der Waals surface area contributed by atoms with Gasteiger partial charge in [-0.05, 0) is 69.9 Å². The highest BCUT2D eigenvalue weighted by atomic mass is 35.5. The summed E-state index contributed by atoms with van der Waals surface area (Å²) in [6.45, 7) is 4.12. The van der Waals surface area contributed by atoms with Gasteiger partial charge in [-0.15, -0.1) is 24.8 Å². The monoisotopic (exact) mass is 420 g/mol. The van der Waals surface area contributed by atoms with Crippen LogP contribution in [0.2, 0.25) is 0 Å². The Kier molecular flexibility index (Phi) is 10.2. The minimum atomic E-state index is 0. The lowest BCUT2D eigenvalue weighted by Crippen LogP contribution is -2.52. The van der Waals surface area contributed by atoms with Crippen LogP contribution in [0.1, 0.15) is 31.2 Å². The maximum Gasteiger partial charge on any atom is 0.160 e. The van der Waals surface area contributed by atoms with Gasteiger partial charge < -0.3 is 24.4 Å². The quantitative estimate of drug-likeness (QED) is 0.764. The van der Waals surface area contributed by atoms with E-state index in [0.29, 0.717) is 6.04 Å². The molecule has 2 aliphatic rings. The van der Waals surface area contributed by atoms with Gasteiger partial charge in [0.15, 0.2) is 11.5 Å². The fraction of sp³-hybridized carbons (Fsp3) is 0.700. The highest BCUT2D eigenvalue weighted by molar-refractivity contribution is 5.85. The van der Waals surface area contributed by atoms with Crippen LogP contribution in [0.3, 0.4) is 0 Å². The number of benzene rings is 1. The molecule has 1 unspecified atom stereocenters. The largest absolute Gasteiger partial charge is 0.493 e. The summed E-state index contributed by atoms with van der Waals surface area (Å²) in [5.41, 5.74) is 1.40. The first-order valence-corrected chi connectivity index (χ1v) is 9.42. The average molecular weight is 421 g/mol. The minimum absolute atomic E-state index is 0. The molecule has 0 aliphatic carbocycles. The van der Waals surface area contributed by atoms with Crippen LogP contribution >= 0.6 is 24.8 Å². The molecule has 2 fully saturated rings. The standard InChI is InChI=1S/C20H32N2O3.2ClH/c1-22(12-6-16-4-5-18(23-2)19(14-16)24-3)17-7-13-25-20(15-17)8-10-21-11-9-20;;/h4-5,14,17,21H,6-13,15H2,1-3H3;2*1H. The fourth-order valence-electron chi connectivity index (χ4n) is 4.13. The smallest absolute Gasteiger partial charge is 0.160 e. The number of rotatable bonds is 6. The van der Waals surface area contributed by atoms with E-state index in [-0.39, 0.29) is 30.4 Å². The van der Waals surface area contributed by atoms with Gasteiger partial charge in [0, 0.05) is 19.2 Å². The van der Waals surface area contributed by atoms with Crippen molar-refractivity contribution in [2.75, 3.05) is 47.5 Å². The Bertz CT molecular complexity index is 563. The number of piperidine rings is 1. The second kappa shape index (κ2) is 11.3. The number of hydrogen-bond acceptors (Lipinski definition) is 5. The molecule has 27 heavy (non-hydrogen) atoms. The van der Waals surface area contributed by atoms with Crippen LogP contribution in [-0.2, 0) is 11.2 Å². The van der Waals surface area contributed by atoms with E-state index in [2.05, 4.69) is 29.4 Å². The van der Waals surface area contributed by atoms with E-state index in [9.17, 15) is 0 Å². The predicted octanol–water partition coefficient (Wildman–Crippen LogP) is 3.32. The topological polar surface area (TPSA) is 43.0 Å². The lowest BCUT2D eigenvalue weighted by molar-refractivity contribution is -0.118. The Morgan fingerprint density at radius 1 is 1.15 bits per heavy atom. The van der Waals surface area contributed by atoms with Crippen molar-refractivity contribution < 1.29 is 14.2 Å². The summed E-state index contributed by atoms with van der Waals surface area (Å²) in [6.07, 6.45) is 5.61. The number of nitrogens with one attached hydrogen (secondary N) is 1. The summed E-state index contributed by atoms with van der Waals surface area (Å²) in [7, 11) is 5.62. The van der Waals surface area contributed by atoms with Crippen LogP contribution in [0.5, 0.6) is 11.5 Å². The van der Waals surface area contributed by atoms with Crippen molar-refractivity contribution in [3.8, 4) is 11.5 Å². The number of nitrogens with zero attached hydrogens (tertiary/aromatic N) is 1. The Morgan fingerprint density at radius 3 is 2.52 bits per heavy atom. The summed E-state index contributed by atoms with van der Waals surface area (Å²) in [6, 6.07) is 6.83. The molecule has 0 saturated carbocycles. The van der Waals surface area contributed by atoms with E-state index in [0.717, 1.165) is 69.8 Å². The number of ether oxygens (including phenoxy) is 3. The molecule has 1 aromatic rings. The molecule has 156 valence electrons. The Morgan fingerprint density at radius 2 is 1.85 bits per heavy atom. The Hall–Kier alpha value is -0.720. The van der Waals surface area contributed by atoms with Crippen LogP contribution in [0.4, 0.5) is 0 Å². The SMILES string of the molecule is COc1ccc(CCN(C)C2CCOC3(CCNCC3)C2)cc1OC.Cl.Cl. The molecule has 3 rings (SSSR count). The Balaban J connectivity index is 0.00000182. The van der Waals surface area contributed by atoms with Crippen molar-refractivity contribution in [2.24, 2.45) is 0 Å². The van der Waals surface area contributed by atoms with Crippen LogP contribution < -0.4 is 14.8 Å². The first-order chi connectivity index (χ1) is 12.2. The summed E-state index contributed by atoms with van der Waals surface area (Å²) in [5, 5.41) is 3.45. The molecule has 2 saturated heterocycles. The lowest BCUT2D eigenvalue weighted by Gasteiger charge is -2.46. The molecule has 0 radical (unpaired) electrons. The van der Waals surface area contributed by atoms with E-state index in [4.69, 9.17) is 14.2 Å². The van der Waals surface area contributed by atoms with Crippen molar-refractivity contribution in [3.05, 3.63) is 23.8 Å². The molecule has 0 aromatic heterocycles. The van der Waals surface area contributed by atoms with Gasteiger partial charge in [-0.25, -0.2) is 0 Å². The zero-order chi connectivity index (χ0) is 17.7. The normalized spacial score (nSPS) is 21.3. The Labute approximate surface area is 175 Å². The van der Waals surface area contributed by atoms with Crippen molar-refractivity contribution >= 4 is 24.8 Å². The first kappa shape index (κ1) is 24.3. The third kappa shape index (κ3) is 6.13. The first-order valence-electron chi connectivity index (χ1n) is 9.42. The van der Waals surface area contributed by atoms with Gasteiger partial charge in [0.2, 0.25) is 0 Å². The predicted molar refractivity (Wildman–Crippen MR) is 114 cm³/mol. The molecule has 0 bridgehead atoms.